The minimum absolute atomic E-state index is 0.144. The van der Waals surface area contributed by atoms with Crippen LogP contribution in [0, 0.1) is 11.7 Å². The van der Waals surface area contributed by atoms with E-state index in [2.05, 4.69) is 10.6 Å². The number of carbonyl (C=O) groups excluding carboxylic acids is 1. The molecular formula is C13H15FN2O3. The lowest BCUT2D eigenvalue weighted by molar-refractivity contribution is -0.141. The predicted octanol–water partition coefficient (Wildman–Crippen LogP) is 2.20. The van der Waals surface area contributed by atoms with Crippen LogP contribution in [0.25, 0.3) is 0 Å². The molecule has 0 unspecified atom stereocenters. The molecule has 102 valence electrons. The van der Waals surface area contributed by atoms with E-state index in [-0.39, 0.29) is 12.0 Å². The lowest BCUT2D eigenvalue weighted by atomic mass is 10.1. The Labute approximate surface area is 109 Å². The topological polar surface area (TPSA) is 78.4 Å². The summed E-state index contributed by atoms with van der Waals surface area (Å²) in [6, 6.07) is 5.00. The summed E-state index contributed by atoms with van der Waals surface area (Å²) < 4.78 is 12.9. The van der Waals surface area contributed by atoms with Crippen LogP contribution in [0.15, 0.2) is 24.3 Å². The van der Waals surface area contributed by atoms with Crippen molar-refractivity contribution >= 4 is 17.7 Å². The number of hydrogen-bond acceptors (Lipinski definition) is 2. The molecule has 5 nitrogen and oxygen atoms in total. The monoisotopic (exact) mass is 266 g/mol. The molecule has 2 amide bonds. The average Bonchev–Trinajstić information content (AvgIpc) is 2.77. The first-order valence-corrected chi connectivity index (χ1v) is 6.10. The molecule has 6 heteroatoms. The van der Waals surface area contributed by atoms with Gasteiger partial charge < -0.3 is 15.7 Å². The van der Waals surface area contributed by atoms with Crippen LogP contribution in [0.2, 0.25) is 0 Å². The Balaban J connectivity index is 1.84. The van der Waals surface area contributed by atoms with Gasteiger partial charge in [0.05, 0.1) is 5.92 Å². The van der Waals surface area contributed by atoms with Crippen molar-refractivity contribution in [1.82, 2.24) is 5.32 Å². The van der Waals surface area contributed by atoms with Crippen molar-refractivity contribution < 1.29 is 19.1 Å². The molecule has 1 aliphatic rings. The van der Waals surface area contributed by atoms with Crippen LogP contribution in [0.5, 0.6) is 0 Å². The van der Waals surface area contributed by atoms with E-state index in [4.69, 9.17) is 5.11 Å². The maximum absolute atomic E-state index is 12.9. The van der Waals surface area contributed by atoms with E-state index in [1.165, 1.54) is 18.2 Å². The Kier molecular flexibility index (Phi) is 3.99. The fourth-order valence-corrected chi connectivity index (χ4v) is 2.26. The average molecular weight is 266 g/mol. The third-order valence-corrected chi connectivity index (χ3v) is 3.20. The minimum atomic E-state index is -0.824. The molecule has 0 aromatic heterocycles. The number of nitrogens with one attached hydrogen (secondary N) is 2. The van der Waals surface area contributed by atoms with E-state index in [0.717, 1.165) is 0 Å². The van der Waals surface area contributed by atoms with E-state index in [1.807, 2.05) is 0 Å². The molecule has 3 N–H and O–H groups in total. The Hall–Kier alpha value is -2.11. The smallest absolute Gasteiger partial charge is 0.319 e. The van der Waals surface area contributed by atoms with Crippen molar-refractivity contribution in [1.29, 1.82) is 0 Å². The van der Waals surface area contributed by atoms with Crippen LogP contribution in [0.3, 0.4) is 0 Å². The molecule has 0 aliphatic heterocycles. The summed E-state index contributed by atoms with van der Waals surface area (Å²) in [4.78, 5) is 22.5. The van der Waals surface area contributed by atoms with Gasteiger partial charge in [0.15, 0.2) is 0 Å². The molecule has 2 atom stereocenters. The number of carboxylic acids is 1. The summed E-state index contributed by atoms with van der Waals surface area (Å²) in [5.41, 5.74) is 0.366. The minimum Gasteiger partial charge on any atom is -0.481 e. The van der Waals surface area contributed by atoms with E-state index in [1.54, 1.807) is 6.07 Å². The molecule has 1 aliphatic carbocycles. The molecular weight excluding hydrogens is 251 g/mol. The quantitative estimate of drug-likeness (QED) is 0.784. The SMILES string of the molecule is O=C(Nc1cccc(F)c1)N[C@H]1CC[C@@H](C(=O)O)C1. The zero-order valence-electron chi connectivity index (χ0n) is 10.2. The Morgan fingerprint density at radius 2 is 2.11 bits per heavy atom. The first-order chi connectivity index (χ1) is 9.04. The first kappa shape index (κ1) is 13.3. The highest BCUT2D eigenvalue weighted by atomic mass is 19.1. The fourth-order valence-electron chi connectivity index (χ4n) is 2.26. The van der Waals surface area contributed by atoms with Gasteiger partial charge >= 0.3 is 12.0 Å². The molecule has 1 aromatic rings. The first-order valence-electron chi connectivity index (χ1n) is 6.10. The number of benzene rings is 1. The van der Waals surface area contributed by atoms with Crippen LogP contribution >= 0.6 is 0 Å². The highest BCUT2D eigenvalue weighted by Gasteiger charge is 2.30. The molecule has 1 saturated carbocycles. The zero-order valence-corrected chi connectivity index (χ0v) is 10.2. The number of hydrogen-bond donors (Lipinski definition) is 3. The van der Waals surface area contributed by atoms with Crippen LogP contribution in [0.4, 0.5) is 14.9 Å². The van der Waals surface area contributed by atoms with Gasteiger partial charge in [0.25, 0.3) is 0 Å². The summed E-state index contributed by atoms with van der Waals surface area (Å²) >= 11 is 0. The van der Waals surface area contributed by atoms with E-state index >= 15 is 0 Å². The van der Waals surface area contributed by atoms with E-state index in [9.17, 15) is 14.0 Å². The second kappa shape index (κ2) is 5.69. The molecule has 0 radical (unpaired) electrons. The van der Waals surface area contributed by atoms with Gasteiger partial charge in [-0.2, -0.15) is 0 Å². The van der Waals surface area contributed by atoms with Gasteiger partial charge in [0, 0.05) is 11.7 Å². The predicted molar refractivity (Wildman–Crippen MR) is 67.3 cm³/mol. The van der Waals surface area contributed by atoms with Crippen molar-refractivity contribution in [3.05, 3.63) is 30.1 Å². The molecule has 1 aromatic carbocycles. The van der Waals surface area contributed by atoms with Crippen LogP contribution < -0.4 is 10.6 Å². The normalized spacial score (nSPS) is 21.9. The van der Waals surface area contributed by atoms with Crippen molar-refractivity contribution in [2.24, 2.45) is 5.92 Å². The zero-order chi connectivity index (χ0) is 13.8. The highest BCUT2D eigenvalue weighted by Crippen LogP contribution is 2.25. The lowest BCUT2D eigenvalue weighted by Crippen LogP contribution is -2.36. The van der Waals surface area contributed by atoms with Crippen molar-refractivity contribution in [3.63, 3.8) is 0 Å². The molecule has 0 spiro atoms. The number of carbonyl (C=O) groups is 2. The van der Waals surface area contributed by atoms with E-state index in [0.29, 0.717) is 24.9 Å². The van der Waals surface area contributed by atoms with Crippen LogP contribution in [-0.4, -0.2) is 23.1 Å². The van der Waals surface area contributed by atoms with E-state index < -0.39 is 17.8 Å². The fraction of sp³-hybridized carbons (Fsp3) is 0.385. The van der Waals surface area contributed by atoms with Gasteiger partial charge in [-0.3, -0.25) is 4.79 Å². The lowest BCUT2D eigenvalue weighted by Gasteiger charge is -2.13. The maximum atomic E-state index is 12.9. The number of anilines is 1. The Morgan fingerprint density at radius 1 is 1.32 bits per heavy atom. The van der Waals surface area contributed by atoms with Gasteiger partial charge in [0.2, 0.25) is 0 Å². The Morgan fingerprint density at radius 3 is 2.74 bits per heavy atom. The second-order valence-corrected chi connectivity index (χ2v) is 4.65. The molecule has 0 saturated heterocycles. The van der Waals surface area contributed by atoms with Gasteiger partial charge in [-0.15, -0.1) is 0 Å². The molecule has 2 rings (SSSR count). The Bertz CT molecular complexity index is 493. The van der Waals surface area contributed by atoms with Gasteiger partial charge in [0.1, 0.15) is 5.82 Å². The summed E-state index contributed by atoms with van der Waals surface area (Å²) in [7, 11) is 0. The van der Waals surface area contributed by atoms with Gasteiger partial charge in [-0.25, -0.2) is 9.18 Å². The van der Waals surface area contributed by atoms with Crippen molar-refractivity contribution in [2.45, 2.75) is 25.3 Å². The highest BCUT2D eigenvalue weighted by molar-refractivity contribution is 5.89. The third kappa shape index (κ3) is 3.67. The summed E-state index contributed by atoms with van der Waals surface area (Å²) in [6.45, 7) is 0. The summed E-state index contributed by atoms with van der Waals surface area (Å²) in [5, 5.41) is 14.1. The number of urea groups is 1. The number of halogens is 1. The molecule has 0 bridgehead atoms. The maximum Gasteiger partial charge on any atom is 0.319 e. The number of carboxylic acid groups (broad SMARTS) is 1. The summed E-state index contributed by atoms with van der Waals surface area (Å²) in [5.74, 6) is -1.64. The molecule has 1 fully saturated rings. The second-order valence-electron chi connectivity index (χ2n) is 4.65. The van der Waals surface area contributed by atoms with Crippen molar-refractivity contribution in [2.75, 3.05) is 5.32 Å². The number of aliphatic carboxylic acids is 1. The van der Waals surface area contributed by atoms with Crippen molar-refractivity contribution in [3.8, 4) is 0 Å². The molecule has 19 heavy (non-hydrogen) atoms. The number of rotatable bonds is 3. The molecule has 0 heterocycles. The van der Waals surface area contributed by atoms with Crippen LogP contribution in [-0.2, 0) is 4.79 Å². The summed E-state index contributed by atoms with van der Waals surface area (Å²) in [6.07, 6.45) is 1.65. The third-order valence-electron chi connectivity index (χ3n) is 3.20. The van der Waals surface area contributed by atoms with Gasteiger partial charge in [-0.05, 0) is 37.5 Å². The van der Waals surface area contributed by atoms with Crippen LogP contribution in [0.1, 0.15) is 19.3 Å². The largest absolute Gasteiger partial charge is 0.481 e. The standard InChI is InChI=1S/C13H15FN2O3/c14-9-2-1-3-10(7-9)15-13(19)16-11-5-4-8(6-11)12(17)18/h1-3,7-8,11H,4-6H2,(H,17,18)(H2,15,16,19)/t8-,11+/m1/s1. The number of amides is 2. The van der Waals surface area contributed by atoms with Gasteiger partial charge in [-0.1, -0.05) is 6.07 Å².